The molecule has 0 fully saturated rings. The highest BCUT2D eigenvalue weighted by Gasteiger charge is 2.26. The van der Waals surface area contributed by atoms with Crippen LogP contribution in [0.5, 0.6) is 5.75 Å². The topological polar surface area (TPSA) is 108 Å². The van der Waals surface area contributed by atoms with Gasteiger partial charge in [0.1, 0.15) is 5.75 Å². The lowest BCUT2D eigenvalue weighted by atomic mass is 9.97. The van der Waals surface area contributed by atoms with E-state index in [-0.39, 0.29) is 17.8 Å². The van der Waals surface area contributed by atoms with E-state index in [1.807, 2.05) is 23.6 Å². The fourth-order valence-electron chi connectivity index (χ4n) is 3.29. The van der Waals surface area contributed by atoms with Gasteiger partial charge in [-0.25, -0.2) is 4.98 Å². The number of halogens is 1. The highest BCUT2D eigenvalue weighted by atomic mass is 127. The Hall–Kier alpha value is -2.14. The minimum absolute atomic E-state index is 0.182. The fraction of sp³-hybridized carbons (Fsp3) is 0.476. The molecule has 0 saturated carbocycles. The number of phenolic OH excluding ortho intramolecular Hbond substituents is 1. The molecule has 8 nitrogen and oxygen atoms in total. The first kappa shape index (κ1) is 22.5. The Morgan fingerprint density at radius 3 is 2.60 bits per heavy atom. The lowest BCUT2D eigenvalue weighted by molar-refractivity contribution is 0.0577. The quantitative estimate of drug-likeness (QED) is 0.326. The number of anilines is 2. The highest BCUT2D eigenvalue weighted by molar-refractivity contribution is 14.1. The van der Waals surface area contributed by atoms with E-state index in [9.17, 15) is 10.2 Å². The maximum Gasteiger partial charge on any atom is 0.227 e. The second-order valence-electron chi connectivity index (χ2n) is 8.20. The van der Waals surface area contributed by atoms with E-state index in [4.69, 9.17) is 0 Å². The molecular formula is C21H29IN6O2. The molecule has 30 heavy (non-hydrogen) atoms. The Balaban J connectivity index is 2.00. The van der Waals surface area contributed by atoms with Crippen molar-refractivity contribution in [3.05, 3.63) is 33.7 Å². The van der Waals surface area contributed by atoms with Gasteiger partial charge in [-0.1, -0.05) is 6.92 Å². The van der Waals surface area contributed by atoms with Crippen LogP contribution in [0.4, 0.5) is 11.8 Å². The summed E-state index contributed by atoms with van der Waals surface area (Å²) >= 11 is 2.22. The van der Waals surface area contributed by atoms with Crippen molar-refractivity contribution in [1.82, 2.24) is 19.5 Å². The Bertz CT molecular complexity index is 1030. The monoisotopic (exact) mass is 524 g/mol. The molecule has 0 aliphatic carbocycles. The van der Waals surface area contributed by atoms with Crippen molar-refractivity contribution >= 4 is 45.5 Å². The molecule has 0 aliphatic rings. The molecule has 162 valence electrons. The first-order chi connectivity index (χ1) is 14.1. The number of hydrogen-bond donors (Lipinski definition) is 4. The smallest absolute Gasteiger partial charge is 0.227 e. The van der Waals surface area contributed by atoms with Crippen LogP contribution in [0.2, 0.25) is 0 Å². The number of phenols is 1. The van der Waals surface area contributed by atoms with E-state index >= 15 is 0 Å². The van der Waals surface area contributed by atoms with Crippen LogP contribution in [0.3, 0.4) is 0 Å². The molecule has 4 N–H and O–H groups in total. The Morgan fingerprint density at radius 2 is 1.97 bits per heavy atom. The number of fused-ring (bicyclic) bond motifs is 1. The molecule has 0 radical (unpaired) electrons. The summed E-state index contributed by atoms with van der Waals surface area (Å²) in [5.41, 5.74) is 1.22. The van der Waals surface area contributed by atoms with Gasteiger partial charge in [0.15, 0.2) is 17.0 Å². The minimum Gasteiger partial charge on any atom is -0.508 e. The van der Waals surface area contributed by atoms with Crippen LogP contribution in [0.15, 0.2) is 24.5 Å². The largest absolute Gasteiger partial charge is 0.508 e. The third kappa shape index (κ3) is 4.94. The molecule has 0 aliphatic heterocycles. The molecule has 1 unspecified atom stereocenters. The fourth-order valence-corrected chi connectivity index (χ4v) is 3.85. The number of nitrogens with one attached hydrogen (secondary N) is 2. The van der Waals surface area contributed by atoms with E-state index < -0.39 is 5.60 Å². The number of imidazole rings is 1. The number of aliphatic hydroxyl groups is 1. The van der Waals surface area contributed by atoms with Gasteiger partial charge in [-0.05, 0) is 74.9 Å². The van der Waals surface area contributed by atoms with Gasteiger partial charge >= 0.3 is 0 Å². The Morgan fingerprint density at radius 1 is 1.23 bits per heavy atom. The van der Waals surface area contributed by atoms with E-state index in [0.717, 1.165) is 9.13 Å². The predicted octanol–water partition coefficient (Wildman–Crippen LogP) is 4.29. The maximum atomic E-state index is 10.5. The summed E-state index contributed by atoms with van der Waals surface area (Å²) in [5, 5.41) is 27.2. The Labute approximate surface area is 190 Å². The zero-order valence-electron chi connectivity index (χ0n) is 17.9. The Kier molecular flexibility index (Phi) is 6.71. The third-order valence-corrected chi connectivity index (χ3v) is 5.70. The molecule has 0 spiro atoms. The number of rotatable bonds is 8. The van der Waals surface area contributed by atoms with Crippen LogP contribution in [0, 0.1) is 3.57 Å². The van der Waals surface area contributed by atoms with Crippen molar-refractivity contribution in [2.45, 2.75) is 65.3 Å². The number of aromatic hydroxyl groups is 1. The molecule has 0 amide bonds. The lowest BCUT2D eigenvalue weighted by Crippen LogP contribution is -2.41. The lowest BCUT2D eigenvalue weighted by Gasteiger charge is -2.29. The maximum absolute atomic E-state index is 10.5. The summed E-state index contributed by atoms with van der Waals surface area (Å²) in [6.07, 6.45) is 2.47. The average molecular weight is 524 g/mol. The van der Waals surface area contributed by atoms with Gasteiger partial charge in [0.05, 0.1) is 18.0 Å². The van der Waals surface area contributed by atoms with Gasteiger partial charge in [0.2, 0.25) is 5.95 Å². The zero-order chi connectivity index (χ0) is 22.1. The summed E-state index contributed by atoms with van der Waals surface area (Å²) in [4.78, 5) is 13.8. The van der Waals surface area contributed by atoms with E-state index in [1.165, 1.54) is 0 Å². The molecule has 2 heterocycles. The molecule has 1 aromatic carbocycles. The summed E-state index contributed by atoms with van der Waals surface area (Å²) in [7, 11) is 0. The van der Waals surface area contributed by atoms with Gasteiger partial charge < -0.3 is 25.4 Å². The van der Waals surface area contributed by atoms with Crippen molar-refractivity contribution in [2.24, 2.45) is 0 Å². The molecule has 0 bridgehead atoms. The number of benzene rings is 1. The molecular weight excluding hydrogens is 495 g/mol. The van der Waals surface area contributed by atoms with Crippen LogP contribution in [0.25, 0.3) is 11.2 Å². The van der Waals surface area contributed by atoms with Crippen LogP contribution in [0.1, 0.15) is 52.6 Å². The van der Waals surface area contributed by atoms with E-state index in [2.05, 4.69) is 62.0 Å². The van der Waals surface area contributed by atoms with Crippen molar-refractivity contribution in [2.75, 3.05) is 10.6 Å². The van der Waals surface area contributed by atoms with Gasteiger partial charge in [-0.2, -0.15) is 9.97 Å². The third-order valence-electron chi connectivity index (χ3n) is 5.03. The molecule has 3 aromatic rings. The van der Waals surface area contributed by atoms with Crippen LogP contribution >= 0.6 is 22.6 Å². The second-order valence-corrected chi connectivity index (χ2v) is 9.44. The van der Waals surface area contributed by atoms with E-state index in [1.54, 1.807) is 26.2 Å². The average Bonchev–Trinajstić information content (AvgIpc) is 3.10. The number of nitrogens with zero attached hydrogens (tertiary/aromatic N) is 4. The molecule has 9 heteroatoms. The summed E-state index contributed by atoms with van der Waals surface area (Å²) < 4.78 is 3.03. The molecule has 2 aromatic heterocycles. The van der Waals surface area contributed by atoms with Crippen molar-refractivity contribution in [1.29, 1.82) is 0 Å². The number of hydrogen-bond acceptors (Lipinski definition) is 7. The van der Waals surface area contributed by atoms with Crippen molar-refractivity contribution < 1.29 is 10.2 Å². The van der Waals surface area contributed by atoms with Gasteiger partial charge in [-0.3, -0.25) is 0 Å². The second kappa shape index (κ2) is 8.93. The molecule has 3 rings (SSSR count). The SMILES string of the molecule is CCC(Nc1nc(NCc2cc(I)ccc2O)c2ncn(C(C)C)c2n1)C(C)(C)O. The predicted molar refractivity (Wildman–Crippen MR) is 128 cm³/mol. The first-order valence-electron chi connectivity index (χ1n) is 10.0. The first-order valence-corrected chi connectivity index (χ1v) is 11.1. The van der Waals surface area contributed by atoms with Gasteiger partial charge in [-0.15, -0.1) is 0 Å². The number of aromatic nitrogens is 4. The van der Waals surface area contributed by atoms with E-state index in [0.29, 0.717) is 35.9 Å². The summed E-state index contributed by atoms with van der Waals surface area (Å²) in [5.74, 6) is 1.23. The van der Waals surface area contributed by atoms with Crippen LogP contribution in [-0.2, 0) is 6.54 Å². The highest BCUT2D eigenvalue weighted by Crippen LogP contribution is 2.27. The standard InChI is InChI=1S/C21H29IN6O2/c1-6-16(21(4,5)30)25-20-26-18(17-19(27-20)28(11-24-17)12(2)3)23-10-13-9-14(22)7-8-15(13)29/h7-9,11-12,16,29-30H,6,10H2,1-5H3,(H2,23,25,26,27). The summed E-state index contributed by atoms with van der Waals surface area (Å²) in [6.45, 7) is 10.1. The normalized spacial score (nSPS) is 13.1. The molecule has 1 atom stereocenters. The minimum atomic E-state index is -0.925. The van der Waals surface area contributed by atoms with Crippen LogP contribution < -0.4 is 10.6 Å². The zero-order valence-corrected chi connectivity index (χ0v) is 20.1. The van der Waals surface area contributed by atoms with Gasteiger partial charge in [0, 0.05) is 21.7 Å². The van der Waals surface area contributed by atoms with Crippen molar-refractivity contribution in [3.8, 4) is 5.75 Å². The molecule has 0 saturated heterocycles. The van der Waals surface area contributed by atoms with Crippen LogP contribution in [-0.4, -0.2) is 41.4 Å². The van der Waals surface area contributed by atoms with Gasteiger partial charge in [0.25, 0.3) is 0 Å². The summed E-state index contributed by atoms with van der Waals surface area (Å²) in [6, 6.07) is 5.44. The van der Waals surface area contributed by atoms with Crippen molar-refractivity contribution in [3.63, 3.8) is 0 Å².